The predicted molar refractivity (Wildman–Crippen MR) is 121 cm³/mol. The number of carbonyl (C=O) groups excluding carboxylic acids is 1. The van der Waals surface area contributed by atoms with Crippen molar-refractivity contribution in [2.45, 2.75) is 12.6 Å². The molecule has 1 heterocycles. The average molecular weight is 418 g/mol. The van der Waals surface area contributed by atoms with Crippen LogP contribution in [0.4, 0.5) is 11.4 Å². The van der Waals surface area contributed by atoms with E-state index in [0.29, 0.717) is 18.0 Å². The number of benzene rings is 3. The van der Waals surface area contributed by atoms with Gasteiger partial charge in [-0.15, -0.1) is 0 Å². The minimum atomic E-state index is -0.724. The second-order valence-electron chi connectivity index (χ2n) is 7.55. The highest BCUT2D eigenvalue weighted by Gasteiger charge is 2.32. The van der Waals surface area contributed by atoms with Crippen LogP contribution in [0.25, 0.3) is 0 Å². The van der Waals surface area contributed by atoms with Crippen molar-refractivity contribution in [3.63, 3.8) is 0 Å². The van der Waals surface area contributed by atoms with E-state index in [4.69, 9.17) is 14.2 Å². The van der Waals surface area contributed by atoms with Crippen LogP contribution in [0.15, 0.2) is 72.8 Å². The van der Waals surface area contributed by atoms with Crippen molar-refractivity contribution in [3.8, 4) is 17.2 Å². The lowest BCUT2D eigenvalue weighted by Gasteiger charge is -2.31. The Balaban J connectivity index is 1.60. The van der Waals surface area contributed by atoms with E-state index in [1.807, 2.05) is 91.8 Å². The highest BCUT2D eigenvalue weighted by molar-refractivity contribution is 5.97. The van der Waals surface area contributed by atoms with Crippen LogP contribution in [0, 0.1) is 0 Å². The number of hydrogen-bond acceptors (Lipinski definition) is 5. The van der Waals surface area contributed by atoms with E-state index in [9.17, 15) is 4.79 Å². The maximum atomic E-state index is 13.5. The summed E-state index contributed by atoms with van der Waals surface area (Å²) in [6, 6.07) is 23.0. The van der Waals surface area contributed by atoms with Gasteiger partial charge in [-0.05, 0) is 54.1 Å². The summed E-state index contributed by atoms with van der Waals surface area (Å²) in [5, 5.41) is 0. The number of rotatable bonds is 6. The largest absolute Gasteiger partial charge is 0.497 e. The first-order chi connectivity index (χ1) is 15.0. The van der Waals surface area contributed by atoms with Crippen LogP contribution in [0.5, 0.6) is 17.2 Å². The van der Waals surface area contributed by atoms with Gasteiger partial charge in [0.15, 0.2) is 11.5 Å². The first-order valence-corrected chi connectivity index (χ1v) is 10.2. The first kappa shape index (κ1) is 20.6. The van der Waals surface area contributed by atoms with Gasteiger partial charge < -0.3 is 24.0 Å². The summed E-state index contributed by atoms with van der Waals surface area (Å²) in [7, 11) is 5.62. The van der Waals surface area contributed by atoms with Gasteiger partial charge in [0.1, 0.15) is 12.4 Å². The fraction of sp³-hybridized carbons (Fsp3) is 0.240. The zero-order chi connectivity index (χ0) is 21.8. The van der Waals surface area contributed by atoms with Gasteiger partial charge in [-0.3, -0.25) is 4.79 Å². The SMILES string of the molecule is COc1ccc(N(Cc2ccc(N(C)C)cc2)C(=O)[C@H]2COc3ccccc3O2)cc1. The van der Waals surface area contributed by atoms with Crippen LogP contribution in [-0.4, -0.2) is 39.8 Å². The Kier molecular flexibility index (Phi) is 5.98. The molecule has 160 valence electrons. The molecule has 31 heavy (non-hydrogen) atoms. The Morgan fingerprint density at radius 2 is 1.58 bits per heavy atom. The van der Waals surface area contributed by atoms with Crippen LogP contribution < -0.4 is 24.0 Å². The van der Waals surface area contributed by atoms with E-state index in [1.165, 1.54) is 0 Å². The van der Waals surface area contributed by atoms with Crippen LogP contribution >= 0.6 is 0 Å². The smallest absolute Gasteiger partial charge is 0.271 e. The van der Waals surface area contributed by atoms with E-state index < -0.39 is 6.10 Å². The van der Waals surface area contributed by atoms with Crippen LogP contribution in [0.3, 0.4) is 0 Å². The number of amides is 1. The Morgan fingerprint density at radius 3 is 2.23 bits per heavy atom. The lowest BCUT2D eigenvalue weighted by Crippen LogP contribution is -2.46. The van der Waals surface area contributed by atoms with E-state index in [-0.39, 0.29) is 12.5 Å². The lowest BCUT2D eigenvalue weighted by molar-refractivity contribution is -0.127. The molecular weight excluding hydrogens is 392 g/mol. The zero-order valence-electron chi connectivity index (χ0n) is 17.9. The Bertz CT molecular complexity index is 1030. The highest BCUT2D eigenvalue weighted by atomic mass is 16.6. The van der Waals surface area contributed by atoms with E-state index in [2.05, 4.69) is 0 Å². The molecule has 0 radical (unpaired) electrons. The maximum absolute atomic E-state index is 13.5. The minimum Gasteiger partial charge on any atom is -0.497 e. The molecule has 0 N–H and O–H groups in total. The summed E-state index contributed by atoms with van der Waals surface area (Å²) in [5.74, 6) is 1.81. The number of ether oxygens (including phenoxy) is 3. The summed E-state index contributed by atoms with van der Waals surface area (Å²) < 4.78 is 17.0. The number of nitrogens with zero attached hydrogens (tertiary/aromatic N) is 2. The Hall–Kier alpha value is -3.67. The van der Waals surface area contributed by atoms with Crippen LogP contribution in [0.1, 0.15) is 5.56 Å². The molecule has 3 aromatic rings. The quantitative estimate of drug-likeness (QED) is 0.602. The van der Waals surface area contributed by atoms with Gasteiger partial charge in [0.05, 0.1) is 13.7 Å². The summed E-state index contributed by atoms with van der Waals surface area (Å²) in [4.78, 5) is 17.3. The third-order valence-corrected chi connectivity index (χ3v) is 5.23. The molecule has 0 aliphatic carbocycles. The summed E-state index contributed by atoms with van der Waals surface area (Å²) >= 11 is 0. The Labute approximate surface area is 182 Å². The predicted octanol–water partition coefficient (Wildman–Crippen LogP) is 4.13. The molecule has 1 aliphatic heterocycles. The van der Waals surface area contributed by atoms with Crippen molar-refractivity contribution in [1.29, 1.82) is 0 Å². The highest BCUT2D eigenvalue weighted by Crippen LogP contribution is 2.32. The average Bonchev–Trinajstić information content (AvgIpc) is 2.82. The van der Waals surface area contributed by atoms with Crippen molar-refractivity contribution >= 4 is 17.3 Å². The third-order valence-electron chi connectivity index (χ3n) is 5.23. The van der Waals surface area contributed by atoms with Gasteiger partial charge >= 0.3 is 0 Å². The molecule has 0 bridgehead atoms. The first-order valence-electron chi connectivity index (χ1n) is 10.2. The van der Waals surface area contributed by atoms with Crippen molar-refractivity contribution in [1.82, 2.24) is 0 Å². The van der Waals surface area contributed by atoms with E-state index in [0.717, 1.165) is 22.7 Å². The van der Waals surface area contributed by atoms with Gasteiger partial charge in [-0.2, -0.15) is 0 Å². The number of fused-ring (bicyclic) bond motifs is 1. The standard InChI is InChI=1S/C25H26N2O4/c1-26(2)19-10-8-18(9-11-19)16-27(20-12-14-21(29-3)15-13-20)25(28)24-17-30-22-6-4-5-7-23(22)31-24/h4-15,24H,16-17H2,1-3H3/t24-/m1/s1. The van der Waals surface area contributed by atoms with Crippen molar-refractivity contribution < 1.29 is 19.0 Å². The number of carbonyl (C=O) groups is 1. The summed E-state index contributed by atoms with van der Waals surface area (Å²) in [5.41, 5.74) is 2.89. The van der Waals surface area contributed by atoms with Crippen molar-refractivity contribution in [2.75, 3.05) is 37.6 Å². The Morgan fingerprint density at radius 1 is 0.935 bits per heavy atom. The van der Waals surface area contributed by atoms with Crippen LogP contribution in [0.2, 0.25) is 0 Å². The number of methoxy groups -OCH3 is 1. The zero-order valence-corrected chi connectivity index (χ0v) is 17.9. The molecule has 0 unspecified atom stereocenters. The third kappa shape index (κ3) is 4.58. The summed E-state index contributed by atoms with van der Waals surface area (Å²) in [6.07, 6.45) is -0.724. The molecule has 0 saturated heterocycles. The topological polar surface area (TPSA) is 51.2 Å². The molecular formula is C25H26N2O4. The fourth-order valence-corrected chi connectivity index (χ4v) is 3.46. The molecule has 1 aliphatic rings. The molecule has 0 spiro atoms. The van der Waals surface area contributed by atoms with Gasteiger partial charge in [-0.1, -0.05) is 24.3 Å². The fourth-order valence-electron chi connectivity index (χ4n) is 3.46. The molecule has 0 aromatic heterocycles. The second kappa shape index (κ2) is 9.00. The molecule has 1 atom stereocenters. The summed E-state index contributed by atoms with van der Waals surface area (Å²) in [6.45, 7) is 0.586. The molecule has 4 rings (SSSR count). The monoisotopic (exact) mass is 418 g/mol. The lowest BCUT2D eigenvalue weighted by atomic mass is 10.1. The molecule has 0 fully saturated rings. The molecule has 1 amide bonds. The van der Waals surface area contributed by atoms with Gasteiger partial charge in [0.2, 0.25) is 6.10 Å². The molecule has 3 aromatic carbocycles. The molecule has 6 nitrogen and oxygen atoms in total. The minimum absolute atomic E-state index is 0.156. The molecule has 0 saturated carbocycles. The number of para-hydroxylation sites is 2. The van der Waals surface area contributed by atoms with Gasteiger partial charge in [-0.25, -0.2) is 0 Å². The maximum Gasteiger partial charge on any atom is 0.271 e. The van der Waals surface area contributed by atoms with Crippen molar-refractivity contribution in [3.05, 3.63) is 78.4 Å². The van der Waals surface area contributed by atoms with Gasteiger partial charge in [0.25, 0.3) is 5.91 Å². The van der Waals surface area contributed by atoms with Crippen LogP contribution in [-0.2, 0) is 11.3 Å². The second-order valence-corrected chi connectivity index (χ2v) is 7.55. The van der Waals surface area contributed by atoms with E-state index >= 15 is 0 Å². The van der Waals surface area contributed by atoms with Gasteiger partial charge in [0, 0.05) is 25.5 Å². The normalized spacial score (nSPS) is 14.6. The van der Waals surface area contributed by atoms with E-state index in [1.54, 1.807) is 12.0 Å². The molecule has 6 heteroatoms. The number of anilines is 2. The number of hydrogen-bond donors (Lipinski definition) is 0. The van der Waals surface area contributed by atoms with Crippen molar-refractivity contribution in [2.24, 2.45) is 0 Å².